The van der Waals surface area contributed by atoms with Gasteiger partial charge in [-0.3, -0.25) is 9.69 Å². The minimum atomic E-state index is -4.04. The molecule has 5 aromatic carbocycles. The molecule has 0 saturated carbocycles. The number of para-hydroxylation sites is 1. The van der Waals surface area contributed by atoms with Crippen LogP contribution < -0.4 is 29.7 Å². The minimum absolute atomic E-state index is 0.0529. The fourth-order valence-electron chi connectivity index (χ4n) is 6.93. The van der Waals surface area contributed by atoms with Gasteiger partial charge in [-0.2, -0.15) is 0 Å². The predicted octanol–water partition coefficient (Wildman–Crippen LogP) is 6.25. The second-order valence-electron chi connectivity index (χ2n) is 13.4. The minimum Gasteiger partial charge on any atom is -0.495 e. The number of halogens is 1. The first kappa shape index (κ1) is 40.0. The zero-order valence-corrected chi connectivity index (χ0v) is 33.7. The Hall–Kier alpha value is -5.64. The fourth-order valence-corrected chi connectivity index (χ4v) is 8.85. The largest absolute Gasteiger partial charge is 0.495 e. The van der Waals surface area contributed by atoms with E-state index in [1.54, 1.807) is 83.8 Å². The van der Waals surface area contributed by atoms with Crippen LogP contribution in [0.5, 0.6) is 11.5 Å². The molecule has 1 saturated heterocycles. The smallest absolute Gasteiger partial charge is 0.337 e. The topological polar surface area (TPSA) is 161 Å². The van der Waals surface area contributed by atoms with Crippen molar-refractivity contribution >= 4 is 71.7 Å². The number of fused-ring (bicyclic) bond motifs is 1. The van der Waals surface area contributed by atoms with Crippen LogP contribution in [0.4, 0.5) is 21.9 Å². The van der Waals surface area contributed by atoms with E-state index in [-0.39, 0.29) is 36.8 Å². The van der Waals surface area contributed by atoms with Crippen molar-refractivity contribution in [3.05, 3.63) is 119 Å². The summed E-state index contributed by atoms with van der Waals surface area (Å²) >= 11 is 3.48. The molecule has 2 atom stereocenters. The van der Waals surface area contributed by atoms with E-state index in [2.05, 4.69) is 20.7 Å². The third kappa shape index (κ3) is 8.59. The molecule has 1 aliphatic heterocycles. The Morgan fingerprint density at radius 1 is 0.875 bits per heavy atom. The third-order valence-electron chi connectivity index (χ3n) is 9.56. The van der Waals surface area contributed by atoms with Crippen molar-refractivity contribution in [1.29, 1.82) is 0 Å². The van der Waals surface area contributed by atoms with E-state index in [1.165, 1.54) is 19.1 Å². The first-order chi connectivity index (χ1) is 26.8. The first-order valence-electron chi connectivity index (χ1n) is 17.6. The van der Waals surface area contributed by atoms with Gasteiger partial charge in [0, 0.05) is 47.6 Å². The predicted molar refractivity (Wildman–Crippen MR) is 218 cm³/mol. The first-order valence-corrected chi connectivity index (χ1v) is 19.9. The van der Waals surface area contributed by atoms with Gasteiger partial charge in [0.05, 0.1) is 48.5 Å². The number of anilines is 3. The van der Waals surface area contributed by atoms with Gasteiger partial charge in [0.2, 0.25) is 15.9 Å². The Morgan fingerprint density at radius 2 is 1.57 bits per heavy atom. The van der Waals surface area contributed by atoms with Crippen LogP contribution in [-0.2, 0) is 26.0 Å². The molecule has 1 unspecified atom stereocenters. The van der Waals surface area contributed by atoms with Crippen molar-refractivity contribution in [2.24, 2.45) is 5.73 Å². The number of primary amides is 1. The number of benzene rings is 5. The van der Waals surface area contributed by atoms with E-state index in [0.29, 0.717) is 43.9 Å². The number of carbonyl (C=O) groups is 3. The summed E-state index contributed by atoms with van der Waals surface area (Å²) in [5.74, 6) is 0.0309. The number of likely N-dealkylation sites (tertiary alicyclic amines) is 1. The van der Waals surface area contributed by atoms with Gasteiger partial charge in [-0.1, -0.05) is 42.5 Å². The number of carbonyl (C=O) groups excluding carboxylic acids is 3. The van der Waals surface area contributed by atoms with Crippen molar-refractivity contribution in [3.63, 3.8) is 0 Å². The second kappa shape index (κ2) is 17.0. The number of ether oxygens (including phenoxy) is 3. The maximum atomic E-state index is 14.1. The SMILES string of the molecule is COC(=O)c1ccc(OC[C@@H]2CC(NS(=O)(=O)c3cccc4c(N(C)C)cccc34)CN2C(=O)Cc2ccc(N(C(N)=O)c3ccccc3Br)c(OC)c2)cc1. The van der Waals surface area contributed by atoms with Crippen LogP contribution >= 0.6 is 15.9 Å². The number of nitrogens with two attached hydrogens (primary N) is 1. The zero-order valence-electron chi connectivity index (χ0n) is 31.3. The summed E-state index contributed by atoms with van der Waals surface area (Å²) < 4.78 is 48.1. The van der Waals surface area contributed by atoms with Gasteiger partial charge in [-0.05, 0) is 88.6 Å². The highest BCUT2D eigenvalue weighted by Gasteiger charge is 2.38. The fraction of sp³-hybridized carbons (Fsp3) is 0.244. The molecule has 6 rings (SSSR count). The number of nitrogens with zero attached hydrogens (tertiary/aromatic N) is 3. The highest BCUT2D eigenvalue weighted by Crippen LogP contribution is 2.38. The van der Waals surface area contributed by atoms with Gasteiger partial charge >= 0.3 is 12.0 Å². The number of esters is 1. The molecule has 1 aliphatic rings. The monoisotopic (exact) mass is 843 g/mol. The number of hydrogen-bond acceptors (Lipinski definition) is 9. The van der Waals surface area contributed by atoms with Gasteiger partial charge in [0.15, 0.2) is 0 Å². The maximum absolute atomic E-state index is 14.1. The highest BCUT2D eigenvalue weighted by molar-refractivity contribution is 9.10. The van der Waals surface area contributed by atoms with Gasteiger partial charge in [0.25, 0.3) is 0 Å². The van der Waals surface area contributed by atoms with Crippen molar-refractivity contribution in [3.8, 4) is 11.5 Å². The van der Waals surface area contributed by atoms with Gasteiger partial charge < -0.3 is 29.7 Å². The molecule has 5 aromatic rings. The summed E-state index contributed by atoms with van der Waals surface area (Å²) in [6, 6.07) is 27.4. The lowest BCUT2D eigenvalue weighted by Crippen LogP contribution is -2.41. The molecule has 0 radical (unpaired) electrons. The summed E-state index contributed by atoms with van der Waals surface area (Å²) in [7, 11) is 2.53. The lowest BCUT2D eigenvalue weighted by Gasteiger charge is -2.26. The number of methoxy groups -OCH3 is 2. The van der Waals surface area contributed by atoms with Crippen LogP contribution in [-0.4, -0.2) is 84.8 Å². The lowest BCUT2D eigenvalue weighted by molar-refractivity contribution is -0.131. The van der Waals surface area contributed by atoms with Gasteiger partial charge in [-0.25, -0.2) is 22.7 Å². The van der Waals surface area contributed by atoms with Crippen LogP contribution in [0.3, 0.4) is 0 Å². The third-order valence-corrected chi connectivity index (χ3v) is 11.8. The van der Waals surface area contributed by atoms with Crippen LogP contribution in [0, 0.1) is 0 Å². The van der Waals surface area contributed by atoms with Crippen LogP contribution in [0.2, 0.25) is 0 Å². The van der Waals surface area contributed by atoms with Crippen LogP contribution in [0.15, 0.2) is 112 Å². The van der Waals surface area contributed by atoms with E-state index in [4.69, 9.17) is 19.9 Å². The van der Waals surface area contributed by atoms with Crippen molar-refractivity contribution in [1.82, 2.24) is 9.62 Å². The van der Waals surface area contributed by atoms with Gasteiger partial charge in [0.1, 0.15) is 18.1 Å². The lowest BCUT2D eigenvalue weighted by atomic mass is 10.1. The Balaban J connectivity index is 1.26. The van der Waals surface area contributed by atoms with E-state index in [1.807, 2.05) is 43.3 Å². The van der Waals surface area contributed by atoms with Crippen LogP contribution in [0.25, 0.3) is 10.8 Å². The van der Waals surface area contributed by atoms with E-state index < -0.39 is 34.1 Å². The molecule has 0 aliphatic carbocycles. The molecule has 3 amide bonds. The van der Waals surface area contributed by atoms with Gasteiger partial charge in [-0.15, -0.1) is 0 Å². The maximum Gasteiger partial charge on any atom is 0.337 e. The number of urea groups is 1. The van der Waals surface area contributed by atoms with Crippen LogP contribution in [0.1, 0.15) is 22.3 Å². The Kier molecular flexibility index (Phi) is 12.2. The molecule has 1 heterocycles. The number of nitrogens with one attached hydrogen (secondary N) is 1. The summed E-state index contributed by atoms with van der Waals surface area (Å²) in [6.07, 6.45) is 0.226. The van der Waals surface area contributed by atoms with E-state index in [9.17, 15) is 22.8 Å². The molecular formula is C41H42BrN5O8S. The molecule has 1 fully saturated rings. The Morgan fingerprint density at radius 3 is 2.25 bits per heavy atom. The number of hydrogen-bond donors (Lipinski definition) is 2. The van der Waals surface area contributed by atoms with Crippen molar-refractivity contribution in [2.75, 3.05) is 51.3 Å². The Labute approximate surface area is 334 Å². The molecule has 292 valence electrons. The quantitative estimate of drug-likeness (QED) is 0.131. The highest BCUT2D eigenvalue weighted by atomic mass is 79.9. The summed E-state index contributed by atoms with van der Waals surface area (Å²) in [6.45, 7) is 0.150. The van der Waals surface area contributed by atoms with E-state index in [0.717, 1.165) is 11.1 Å². The summed E-state index contributed by atoms with van der Waals surface area (Å²) in [5, 5.41) is 1.38. The normalized spacial score (nSPS) is 15.3. The molecule has 0 bridgehead atoms. The molecule has 0 aromatic heterocycles. The Bertz CT molecular complexity index is 2370. The molecule has 3 N–H and O–H groups in total. The summed E-state index contributed by atoms with van der Waals surface area (Å²) in [5.41, 5.74) is 8.55. The van der Waals surface area contributed by atoms with Crippen molar-refractivity contribution < 1.29 is 37.0 Å². The average molecular weight is 845 g/mol. The molecule has 15 heteroatoms. The van der Waals surface area contributed by atoms with E-state index >= 15 is 0 Å². The molecule has 13 nitrogen and oxygen atoms in total. The second-order valence-corrected chi connectivity index (χ2v) is 15.9. The standard InChI is InChI=1S/C41H42BrN5O8S/c1-45(2)34-13-7-10-32-31(34)9-8-14-38(32)56(51,52)44-28-23-29(25-55-30-18-16-27(17-19-30)40(49)54-4)46(24-28)39(48)22-26-15-20-36(37(21-26)53-3)47(41(43)50)35-12-6-5-11-33(35)42/h5-21,28-29,44H,22-25H2,1-4H3,(H2,43,50)/t28?,29-/m0/s1. The number of amides is 3. The number of sulfonamides is 1. The summed E-state index contributed by atoms with van der Waals surface area (Å²) in [4.78, 5) is 43.8. The number of rotatable bonds is 13. The molecular weight excluding hydrogens is 802 g/mol. The zero-order chi connectivity index (χ0) is 40.1. The average Bonchev–Trinajstić information content (AvgIpc) is 3.59. The molecule has 56 heavy (non-hydrogen) atoms. The molecule has 0 spiro atoms. The van der Waals surface area contributed by atoms with Crippen molar-refractivity contribution in [2.45, 2.75) is 29.8 Å².